The van der Waals surface area contributed by atoms with E-state index < -0.39 is 5.82 Å². The van der Waals surface area contributed by atoms with Gasteiger partial charge in [0, 0.05) is 6.42 Å². The summed E-state index contributed by atoms with van der Waals surface area (Å²) in [6, 6.07) is 4.53. The summed E-state index contributed by atoms with van der Waals surface area (Å²) in [7, 11) is 0. The van der Waals surface area contributed by atoms with E-state index in [4.69, 9.17) is 21.9 Å². The fraction of sp³-hybridized carbons (Fsp3) is 0.333. The monoisotopic (exact) mass is 269 g/mol. The van der Waals surface area contributed by atoms with Crippen LogP contribution in [0.3, 0.4) is 0 Å². The summed E-state index contributed by atoms with van der Waals surface area (Å²) >= 11 is 5.70. The van der Waals surface area contributed by atoms with Gasteiger partial charge in [0.2, 0.25) is 5.89 Å². The second-order valence-electron chi connectivity index (χ2n) is 3.95. The molecule has 1 aromatic heterocycles. The topological polar surface area (TPSA) is 64.9 Å². The van der Waals surface area contributed by atoms with E-state index in [1.165, 1.54) is 6.07 Å². The van der Waals surface area contributed by atoms with E-state index in [9.17, 15) is 4.39 Å². The number of halogens is 2. The fourth-order valence-corrected chi connectivity index (χ4v) is 1.71. The van der Waals surface area contributed by atoms with E-state index in [1.807, 2.05) is 6.92 Å². The van der Waals surface area contributed by atoms with Gasteiger partial charge in [-0.25, -0.2) is 4.39 Å². The Hall–Kier alpha value is -1.46. The fourth-order valence-electron chi connectivity index (χ4n) is 1.52. The summed E-state index contributed by atoms with van der Waals surface area (Å²) in [6.45, 7) is 1.92. The zero-order chi connectivity index (χ0) is 13.1. The number of benzene rings is 1. The molecule has 1 aromatic carbocycles. The van der Waals surface area contributed by atoms with E-state index in [0.717, 1.165) is 0 Å². The van der Waals surface area contributed by atoms with Crippen molar-refractivity contribution in [1.82, 2.24) is 10.1 Å². The molecule has 1 heterocycles. The van der Waals surface area contributed by atoms with E-state index >= 15 is 0 Å². The molecule has 0 radical (unpaired) electrons. The molecular weight excluding hydrogens is 257 g/mol. The first kappa shape index (κ1) is 13.0. The van der Waals surface area contributed by atoms with Gasteiger partial charge in [0.05, 0.1) is 11.1 Å². The van der Waals surface area contributed by atoms with Crippen LogP contribution in [0.2, 0.25) is 5.02 Å². The molecule has 2 rings (SSSR count). The number of hydrogen-bond acceptors (Lipinski definition) is 4. The van der Waals surface area contributed by atoms with Gasteiger partial charge in [0.15, 0.2) is 5.82 Å². The molecule has 0 bridgehead atoms. The van der Waals surface area contributed by atoms with Crippen molar-refractivity contribution in [1.29, 1.82) is 0 Å². The predicted octanol–water partition coefficient (Wildman–Crippen LogP) is 2.86. The van der Waals surface area contributed by atoms with E-state index in [2.05, 4.69) is 10.1 Å². The summed E-state index contributed by atoms with van der Waals surface area (Å²) < 4.78 is 18.7. The molecule has 4 nitrogen and oxygen atoms in total. The molecule has 0 aliphatic rings. The minimum Gasteiger partial charge on any atom is -0.338 e. The molecular formula is C12H13ClFN3O. The summed E-state index contributed by atoms with van der Waals surface area (Å²) in [5, 5.41) is 3.86. The third-order valence-electron chi connectivity index (χ3n) is 2.62. The van der Waals surface area contributed by atoms with Crippen molar-refractivity contribution in [2.45, 2.75) is 25.8 Å². The second kappa shape index (κ2) is 5.46. The third kappa shape index (κ3) is 2.68. The van der Waals surface area contributed by atoms with Gasteiger partial charge in [-0.15, -0.1) is 0 Å². The Morgan fingerprint density at radius 1 is 1.50 bits per heavy atom. The molecule has 2 aromatic rings. The number of rotatable bonds is 4. The quantitative estimate of drug-likeness (QED) is 0.927. The Kier molecular flexibility index (Phi) is 3.93. The third-order valence-corrected chi connectivity index (χ3v) is 2.91. The number of nitrogens with zero attached hydrogens (tertiary/aromatic N) is 2. The number of nitrogens with two attached hydrogens (primary N) is 1. The predicted molar refractivity (Wildman–Crippen MR) is 65.7 cm³/mol. The largest absolute Gasteiger partial charge is 0.338 e. The van der Waals surface area contributed by atoms with Crippen LogP contribution in [-0.4, -0.2) is 10.1 Å². The minimum atomic E-state index is -0.453. The first-order valence-corrected chi connectivity index (χ1v) is 6.00. The van der Waals surface area contributed by atoms with Gasteiger partial charge in [-0.1, -0.05) is 35.8 Å². The molecule has 0 fully saturated rings. The minimum absolute atomic E-state index is 0.0847. The first-order chi connectivity index (χ1) is 8.61. The lowest BCUT2D eigenvalue weighted by atomic mass is 10.1. The maximum atomic E-state index is 13.7. The van der Waals surface area contributed by atoms with Crippen LogP contribution in [0.1, 0.15) is 36.7 Å². The Bertz CT molecular complexity index is 544. The lowest BCUT2D eigenvalue weighted by molar-refractivity contribution is 0.348. The molecule has 0 aliphatic heterocycles. The molecule has 0 saturated carbocycles. The molecule has 0 aliphatic carbocycles. The van der Waals surface area contributed by atoms with Crippen molar-refractivity contribution in [3.8, 4) is 0 Å². The SMILES string of the molecule is CC[C@H](N)c1nc(Cc2cccc(Cl)c2F)no1. The maximum absolute atomic E-state index is 13.7. The van der Waals surface area contributed by atoms with Gasteiger partial charge in [0.25, 0.3) is 0 Å². The first-order valence-electron chi connectivity index (χ1n) is 5.62. The van der Waals surface area contributed by atoms with Crippen LogP contribution >= 0.6 is 11.6 Å². The molecule has 0 spiro atoms. The zero-order valence-electron chi connectivity index (χ0n) is 9.86. The van der Waals surface area contributed by atoms with Crippen molar-refractivity contribution in [3.05, 3.63) is 46.3 Å². The lowest BCUT2D eigenvalue weighted by Gasteiger charge is -2.01. The van der Waals surface area contributed by atoms with E-state index in [-0.39, 0.29) is 17.5 Å². The highest BCUT2D eigenvalue weighted by atomic mass is 35.5. The normalized spacial score (nSPS) is 12.7. The van der Waals surface area contributed by atoms with Crippen LogP contribution in [0.4, 0.5) is 4.39 Å². The average molecular weight is 270 g/mol. The van der Waals surface area contributed by atoms with Gasteiger partial charge in [-0.3, -0.25) is 0 Å². The van der Waals surface area contributed by atoms with Crippen molar-refractivity contribution in [2.24, 2.45) is 5.73 Å². The lowest BCUT2D eigenvalue weighted by Crippen LogP contribution is -2.09. The Morgan fingerprint density at radius 2 is 2.28 bits per heavy atom. The Morgan fingerprint density at radius 3 is 3.00 bits per heavy atom. The highest BCUT2D eigenvalue weighted by molar-refractivity contribution is 6.30. The standard InChI is InChI=1S/C12H13ClFN3O/c1-2-9(15)12-16-10(17-18-12)6-7-4-3-5-8(13)11(7)14/h3-5,9H,2,6,15H2,1H3/t9-/m0/s1. The van der Waals surface area contributed by atoms with E-state index in [1.54, 1.807) is 12.1 Å². The molecule has 2 N–H and O–H groups in total. The number of aromatic nitrogens is 2. The van der Waals surface area contributed by atoms with Crippen LogP contribution in [0, 0.1) is 5.82 Å². The Balaban J connectivity index is 2.19. The van der Waals surface area contributed by atoms with Gasteiger partial charge < -0.3 is 10.3 Å². The van der Waals surface area contributed by atoms with Crippen molar-refractivity contribution in [2.75, 3.05) is 0 Å². The van der Waals surface area contributed by atoms with Gasteiger partial charge >= 0.3 is 0 Å². The van der Waals surface area contributed by atoms with Crippen LogP contribution in [0.15, 0.2) is 22.7 Å². The van der Waals surface area contributed by atoms with Crippen LogP contribution in [-0.2, 0) is 6.42 Å². The van der Waals surface area contributed by atoms with E-state index in [0.29, 0.717) is 23.7 Å². The number of hydrogen-bond donors (Lipinski definition) is 1. The van der Waals surface area contributed by atoms with Gasteiger partial charge in [0.1, 0.15) is 5.82 Å². The molecule has 0 unspecified atom stereocenters. The average Bonchev–Trinajstić information content (AvgIpc) is 2.82. The van der Waals surface area contributed by atoms with Crippen molar-refractivity contribution in [3.63, 3.8) is 0 Å². The molecule has 96 valence electrons. The van der Waals surface area contributed by atoms with Crippen LogP contribution in [0.25, 0.3) is 0 Å². The van der Waals surface area contributed by atoms with Crippen LogP contribution in [0.5, 0.6) is 0 Å². The molecule has 6 heteroatoms. The molecule has 0 amide bonds. The summed E-state index contributed by atoms with van der Waals surface area (Å²) in [4.78, 5) is 4.13. The maximum Gasteiger partial charge on any atom is 0.243 e. The van der Waals surface area contributed by atoms with Gasteiger partial charge in [-0.2, -0.15) is 4.98 Å². The smallest absolute Gasteiger partial charge is 0.243 e. The van der Waals surface area contributed by atoms with Crippen molar-refractivity contribution >= 4 is 11.6 Å². The highest BCUT2D eigenvalue weighted by Crippen LogP contribution is 2.20. The molecule has 18 heavy (non-hydrogen) atoms. The van der Waals surface area contributed by atoms with Crippen LogP contribution < -0.4 is 5.73 Å². The molecule has 0 saturated heterocycles. The van der Waals surface area contributed by atoms with Crippen molar-refractivity contribution < 1.29 is 8.91 Å². The summed E-state index contributed by atoms with van der Waals surface area (Å²) in [5.41, 5.74) is 6.19. The Labute approximate surface area is 109 Å². The molecule has 1 atom stereocenters. The zero-order valence-corrected chi connectivity index (χ0v) is 10.6. The highest BCUT2D eigenvalue weighted by Gasteiger charge is 2.15. The summed E-state index contributed by atoms with van der Waals surface area (Å²) in [6.07, 6.45) is 0.930. The summed E-state index contributed by atoms with van der Waals surface area (Å²) in [5.74, 6) is 0.315. The second-order valence-corrected chi connectivity index (χ2v) is 4.36. The van der Waals surface area contributed by atoms with Gasteiger partial charge in [-0.05, 0) is 18.1 Å².